The van der Waals surface area contributed by atoms with Crippen molar-refractivity contribution in [2.24, 2.45) is 17.8 Å². The van der Waals surface area contributed by atoms with E-state index < -0.39 is 0 Å². The topological polar surface area (TPSA) is 12.0 Å². The molecule has 1 saturated carbocycles. The molecule has 1 aliphatic rings. The predicted molar refractivity (Wildman–Crippen MR) is 95.8 cm³/mol. The normalized spacial score (nSPS) is 26.1. The minimum absolute atomic E-state index is 0.966. The summed E-state index contributed by atoms with van der Waals surface area (Å²) in [4.78, 5) is 0. The number of hydrogen-bond acceptors (Lipinski definition) is 1. The molecule has 1 N–H and O–H groups in total. The summed E-state index contributed by atoms with van der Waals surface area (Å²) in [5.74, 6) is 3.00. The van der Waals surface area contributed by atoms with Gasteiger partial charge in [-0.05, 0) is 43.7 Å². The molecule has 1 nitrogen and oxygen atoms in total. The monoisotopic (exact) mass is 295 g/mol. The third-order valence-electron chi connectivity index (χ3n) is 5.66. The molecule has 0 aromatic rings. The van der Waals surface area contributed by atoms with E-state index in [1.807, 2.05) is 0 Å². The summed E-state index contributed by atoms with van der Waals surface area (Å²) in [6.07, 6.45) is 17.6. The van der Waals surface area contributed by atoms with Crippen LogP contribution < -0.4 is 5.32 Å². The molecule has 0 radical (unpaired) electrons. The Labute approximate surface area is 134 Å². The van der Waals surface area contributed by atoms with Crippen LogP contribution >= 0.6 is 0 Å². The molecule has 21 heavy (non-hydrogen) atoms. The van der Waals surface area contributed by atoms with Crippen molar-refractivity contribution in [1.82, 2.24) is 5.32 Å². The molecule has 1 heteroatoms. The van der Waals surface area contributed by atoms with Gasteiger partial charge in [-0.1, -0.05) is 85.0 Å². The van der Waals surface area contributed by atoms with Crippen LogP contribution in [0, 0.1) is 17.8 Å². The van der Waals surface area contributed by atoms with Crippen LogP contribution in [0.15, 0.2) is 0 Å². The average molecular weight is 296 g/mol. The summed E-state index contributed by atoms with van der Waals surface area (Å²) in [5, 5.41) is 3.61. The molecular formula is C20H41N. The highest BCUT2D eigenvalue weighted by atomic mass is 14.8. The summed E-state index contributed by atoms with van der Waals surface area (Å²) in [6, 6.07) is 0. The van der Waals surface area contributed by atoms with E-state index in [1.54, 1.807) is 0 Å². The minimum atomic E-state index is 0.966. The van der Waals surface area contributed by atoms with Crippen molar-refractivity contribution >= 4 is 0 Å². The number of nitrogens with one attached hydrogen (secondary N) is 1. The van der Waals surface area contributed by atoms with E-state index in [1.165, 1.54) is 83.6 Å². The van der Waals surface area contributed by atoms with E-state index in [-0.39, 0.29) is 0 Å². The molecule has 126 valence electrons. The first-order chi connectivity index (χ1) is 10.3. The van der Waals surface area contributed by atoms with Crippen LogP contribution in [-0.2, 0) is 0 Å². The smallest absolute Gasteiger partial charge is 0.00180 e. The van der Waals surface area contributed by atoms with Gasteiger partial charge >= 0.3 is 0 Å². The standard InChI is InChI=1S/C20H41N/c1-4-7-8-9-10-11-12-13-19-16-18(5-2)14-15-20(19)17-21-6-3/h18-21H,4-17H2,1-3H3. The Morgan fingerprint density at radius 2 is 1.52 bits per heavy atom. The van der Waals surface area contributed by atoms with Crippen LogP contribution in [0.25, 0.3) is 0 Å². The maximum atomic E-state index is 3.61. The zero-order valence-electron chi connectivity index (χ0n) is 15.1. The second-order valence-corrected chi connectivity index (χ2v) is 7.33. The van der Waals surface area contributed by atoms with Gasteiger partial charge in [0.05, 0.1) is 0 Å². The van der Waals surface area contributed by atoms with Gasteiger partial charge in [-0.25, -0.2) is 0 Å². The Kier molecular flexibility index (Phi) is 11.3. The Morgan fingerprint density at radius 3 is 2.19 bits per heavy atom. The Hall–Kier alpha value is -0.0400. The lowest BCUT2D eigenvalue weighted by Crippen LogP contribution is -2.33. The fourth-order valence-electron chi connectivity index (χ4n) is 4.11. The molecule has 0 aliphatic heterocycles. The van der Waals surface area contributed by atoms with Gasteiger partial charge in [-0.15, -0.1) is 0 Å². The Bertz CT molecular complexity index is 226. The van der Waals surface area contributed by atoms with Crippen LogP contribution in [0.3, 0.4) is 0 Å². The molecular weight excluding hydrogens is 254 g/mol. The van der Waals surface area contributed by atoms with Crippen molar-refractivity contribution in [3.63, 3.8) is 0 Å². The predicted octanol–water partition coefficient (Wildman–Crippen LogP) is 6.18. The number of rotatable bonds is 12. The second-order valence-electron chi connectivity index (χ2n) is 7.33. The highest BCUT2D eigenvalue weighted by Gasteiger charge is 2.28. The summed E-state index contributed by atoms with van der Waals surface area (Å²) in [7, 11) is 0. The maximum absolute atomic E-state index is 3.61. The van der Waals surface area contributed by atoms with Crippen molar-refractivity contribution in [2.45, 2.75) is 97.8 Å². The second kappa shape index (κ2) is 12.5. The van der Waals surface area contributed by atoms with Gasteiger partial charge in [0.1, 0.15) is 0 Å². The fourth-order valence-corrected chi connectivity index (χ4v) is 4.11. The summed E-state index contributed by atoms with van der Waals surface area (Å²) in [6.45, 7) is 9.34. The van der Waals surface area contributed by atoms with Gasteiger partial charge in [0.25, 0.3) is 0 Å². The van der Waals surface area contributed by atoms with E-state index in [4.69, 9.17) is 0 Å². The molecule has 1 aliphatic carbocycles. The Balaban J connectivity index is 2.19. The van der Waals surface area contributed by atoms with Gasteiger partial charge in [-0.3, -0.25) is 0 Å². The number of unbranched alkanes of at least 4 members (excludes halogenated alkanes) is 6. The number of hydrogen-bond donors (Lipinski definition) is 1. The van der Waals surface area contributed by atoms with Crippen molar-refractivity contribution < 1.29 is 0 Å². The van der Waals surface area contributed by atoms with Crippen molar-refractivity contribution in [1.29, 1.82) is 0 Å². The molecule has 0 aromatic heterocycles. The van der Waals surface area contributed by atoms with E-state index in [9.17, 15) is 0 Å². The van der Waals surface area contributed by atoms with E-state index >= 15 is 0 Å². The molecule has 3 atom stereocenters. The molecule has 0 saturated heterocycles. The van der Waals surface area contributed by atoms with Gasteiger partial charge in [-0.2, -0.15) is 0 Å². The van der Waals surface area contributed by atoms with Gasteiger partial charge < -0.3 is 5.32 Å². The lowest BCUT2D eigenvalue weighted by atomic mass is 9.71. The highest BCUT2D eigenvalue weighted by molar-refractivity contribution is 4.81. The summed E-state index contributed by atoms with van der Waals surface area (Å²) < 4.78 is 0. The molecule has 0 amide bonds. The Morgan fingerprint density at radius 1 is 0.810 bits per heavy atom. The first kappa shape index (κ1) is 19.0. The highest BCUT2D eigenvalue weighted by Crippen LogP contribution is 2.38. The molecule has 0 aromatic carbocycles. The van der Waals surface area contributed by atoms with Crippen LogP contribution in [0.5, 0.6) is 0 Å². The third kappa shape index (κ3) is 8.24. The fraction of sp³-hybridized carbons (Fsp3) is 1.00. The van der Waals surface area contributed by atoms with Gasteiger partial charge in [0.15, 0.2) is 0 Å². The molecule has 0 heterocycles. The largest absolute Gasteiger partial charge is 0.317 e. The first-order valence-electron chi connectivity index (χ1n) is 10.0. The molecule has 3 unspecified atom stereocenters. The minimum Gasteiger partial charge on any atom is -0.317 e. The average Bonchev–Trinajstić information content (AvgIpc) is 2.52. The van der Waals surface area contributed by atoms with Gasteiger partial charge in [0, 0.05) is 0 Å². The van der Waals surface area contributed by atoms with E-state index in [2.05, 4.69) is 26.1 Å². The summed E-state index contributed by atoms with van der Waals surface area (Å²) >= 11 is 0. The molecule has 0 bridgehead atoms. The van der Waals surface area contributed by atoms with Crippen molar-refractivity contribution in [3.05, 3.63) is 0 Å². The van der Waals surface area contributed by atoms with Crippen LogP contribution in [0.2, 0.25) is 0 Å². The molecule has 1 fully saturated rings. The zero-order valence-corrected chi connectivity index (χ0v) is 15.1. The van der Waals surface area contributed by atoms with Crippen molar-refractivity contribution in [3.8, 4) is 0 Å². The maximum Gasteiger partial charge on any atom is -0.00180 e. The SMILES string of the molecule is CCCCCCCCCC1CC(CC)CCC1CNCC. The lowest BCUT2D eigenvalue weighted by molar-refractivity contribution is 0.160. The lowest BCUT2D eigenvalue weighted by Gasteiger charge is -2.36. The van der Waals surface area contributed by atoms with Crippen molar-refractivity contribution in [2.75, 3.05) is 13.1 Å². The molecule has 0 spiro atoms. The van der Waals surface area contributed by atoms with E-state index in [0.29, 0.717) is 0 Å². The molecule has 1 rings (SSSR count). The quantitative estimate of drug-likeness (QED) is 0.424. The zero-order chi connectivity index (χ0) is 15.3. The van der Waals surface area contributed by atoms with Crippen LogP contribution in [0.4, 0.5) is 0 Å². The third-order valence-corrected chi connectivity index (χ3v) is 5.66. The van der Waals surface area contributed by atoms with Crippen LogP contribution in [-0.4, -0.2) is 13.1 Å². The van der Waals surface area contributed by atoms with Gasteiger partial charge in [0.2, 0.25) is 0 Å². The summed E-state index contributed by atoms with van der Waals surface area (Å²) in [5.41, 5.74) is 0. The van der Waals surface area contributed by atoms with E-state index in [0.717, 1.165) is 24.3 Å². The first-order valence-corrected chi connectivity index (χ1v) is 10.0. The van der Waals surface area contributed by atoms with Crippen LogP contribution in [0.1, 0.15) is 97.8 Å².